The van der Waals surface area contributed by atoms with E-state index >= 15 is 0 Å². The topological polar surface area (TPSA) is 62.4 Å². The molecule has 6 heteroatoms. The highest BCUT2D eigenvalue weighted by Crippen LogP contribution is 2.21. The summed E-state index contributed by atoms with van der Waals surface area (Å²) in [6.07, 6.45) is 0.956. The Hall–Kier alpha value is -1.30. The molecule has 1 saturated heterocycles. The number of anilines is 1. The largest absolute Gasteiger partial charge is 0.383 e. The summed E-state index contributed by atoms with van der Waals surface area (Å²) in [5.41, 5.74) is 1.37. The van der Waals surface area contributed by atoms with Crippen molar-refractivity contribution in [1.29, 1.82) is 0 Å². The summed E-state index contributed by atoms with van der Waals surface area (Å²) in [6.45, 7) is 4.55. The number of ether oxygens (including phenoxy) is 1. The highest BCUT2D eigenvalue weighted by Gasteiger charge is 2.17. The smallest absolute Gasteiger partial charge is 0.252 e. The number of nitrogens with one attached hydrogen (secondary N) is 3. The van der Waals surface area contributed by atoms with Gasteiger partial charge < -0.3 is 20.7 Å². The van der Waals surface area contributed by atoms with Gasteiger partial charge in [0.25, 0.3) is 5.91 Å². The number of benzene rings is 1. The number of carbonyl (C=O) groups excluding carboxylic acids is 1. The van der Waals surface area contributed by atoms with Gasteiger partial charge in [-0.1, -0.05) is 11.6 Å². The maximum absolute atomic E-state index is 11.7. The van der Waals surface area contributed by atoms with E-state index in [1.807, 2.05) is 6.07 Å². The van der Waals surface area contributed by atoms with Crippen molar-refractivity contribution in [2.45, 2.75) is 25.4 Å². The third-order valence-electron chi connectivity index (χ3n) is 3.49. The van der Waals surface area contributed by atoms with Gasteiger partial charge in [-0.05, 0) is 31.5 Å². The summed E-state index contributed by atoms with van der Waals surface area (Å²) in [4.78, 5) is 11.7. The molecule has 1 aliphatic rings. The van der Waals surface area contributed by atoms with Gasteiger partial charge in [-0.15, -0.1) is 0 Å². The minimum atomic E-state index is -0.182. The van der Waals surface area contributed by atoms with Gasteiger partial charge in [-0.2, -0.15) is 0 Å². The summed E-state index contributed by atoms with van der Waals surface area (Å²) in [6, 6.07) is 6.04. The predicted octanol–water partition coefficient (Wildman–Crippen LogP) is 1.88. The predicted molar refractivity (Wildman–Crippen MR) is 85.2 cm³/mol. The summed E-state index contributed by atoms with van der Waals surface area (Å²) >= 11 is 6.05. The van der Waals surface area contributed by atoms with E-state index < -0.39 is 0 Å². The van der Waals surface area contributed by atoms with Gasteiger partial charge in [0.2, 0.25) is 0 Å². The highest BCUT2D eigenvalue weighted by atomic mass is 35.5. The molecule has 0 radical (unpaired) electrons. The molecule has 0 aromatic heterocycles. The van der Waals surface area contributed by atoms with Crippen molar-refractivity contribution >= 4 is 23.2 Å². The fraction of sp³-hybridized carbons (Fsp3) is 0.533. The molecule has 2 atom stereocenters. The van der Waals surface area contributed by atoms with Crippen LogP contribution in [0.4, 0.5) is 5.69 Å². The van der Waals surface area contributed by atoms with Crippen molar-refractivity contribution in [3.05, 3.63) is 28.8 Å². The molecule has 1 aliphatic heterocycles. The Labute approximate surface area is 130 Å². The van der Waals surface area contributed by atoms with Crippen molar-refractivity contribution < 1.29 is 9.53 Å². The third-order valence-corrected chi connectivity index (χ3v) is 3.82. The average Bonchev–Trinajstić information content (AvgIpc) is 2.49. The second kappa shape index (κ2) is 7.64. The molecule has 0 saturated carbocycles. The normalized spacial score (nSPS) is 19.9. The minimum absolute atomic E-state index is 0.182. The van der Waals surface area contributed by atoms with Gasteiger partial charge in [0.15, 0.2) is 0 Å². The summed E-state index contributed by atoms with van der Waals surface area (Å²) < 4.78 is 5.45. The van der Waals surface area contributed by atoms with Crippen molar-refractivity contribution in [2.24, 2.45) is 0 Å². The van der Waals surface area contributed by atoms with Crippen LogP contribution in [0.15, 0.2) is 18.2 Å². The third kappa shape index (κ3) is 4.59. The van der Waals surface area contributed by atoms with E-state index in [2.05, 4.69) is 22.9 Å². The molecule has 1 aromatic carbocycles. The van der Waals surface area contributed by atoms with E-state index in [1.54, 1.807) is 19.2 Å². The second-order valence-corrected chi connectivity index (χ2v) is 5.69. The van der Waals surface area contributed by atoms with E-state index in [1.165, 1.54) is 0 Å². The number of hydrogen-bond acceptors (Lipinski definition) is 4. The van der Waals surface area contributed by atoms with Gasteiger partial charge >= 0.3 is 0 Å². The number of rotatable bonds is 5. The van der Waals surface area contributed by atoms with Gasteiger partial charge in [-0.3, -0.25) is 4.79 Å². The van der Waals surface area contributed by atoms with Gasteiger partial charge in [-0.25, -0.2) is 0 Å². The summed E-state index contributed by atoms with van der Waals surface area (Å²) in [5, 5.41) is 9.88. The Morgan fingerprint density at radius 1 is 1.57 bits per heavy atom. The first-order valence-electron chi connectivity index (χ1n) is 7.19. The zero-order valence-corrected chi connectivity index (χ0v) is 13.2. The molecule has 2 rings (SSSR count). The number of hydrogen-bond donors (Lipinski definition) is 3. The molecule has 0 bridgehead atoms. The van der Waals surface area contributed by atoms with Gasteiger partial charge in [0, 0.05) is 31.4 Å². The monoisotopic (exact) mass is 311 g/mol. The first-order valence-corrected chi connectivity index (χ1v) is 7.57. The number of morpholine rings is 1. The van der Waals surface area contributed by atoms with Crippen molar-refractivity contribution in [3.63, 3.8) is 0 Å². The fourth-order valence-electron chi connectivity index (χ4n) is 2.47. The molecule has 3 N–H and O–H groups in total. The second-order valence-electron chi connectivity index (χ2n) is 5.28. The van der Waals surface area contributed by atoms with E-state index in [0.717, 1.165) is 31.9 Å². The van der Waals surface area contributed by atoms with Crippen LogP contribution < -0.4 is 16.0 Å². The fourth-order valence-corrected chi connectivity index (χ4v) is 2.67. The number of halogens is 1. The molecule has 2 unspecified atom stereocenters. The molecule has 21 heavy (non-hydrogen) atoms. The van der Waals surface area contributed by atoms with Crippen LogP contribution in [0.5, 0.6) is 0 Å². The molecule has 0 aliphatic carbocycles. The zero-order valence-electron chi connectivity index (χ0n) is 12.4. The SMILES string of the molecule is CNC(=O)c1cc(NC(C)CC2COCCN2)ccc1Cl. The average molecular weight is 312 g/mol. The quantitative estimate of drug-likeness (QED) is 0.777. The van der Waals surface area contributed by atoms with E-state index in [-0.39, 0.29) is 11.9 Å². The maximum Gasteiger partial charge on any atom is 0.252 e. The molecular formula is C15H22ClN3O2. The Kier molecular flexibility index (Phi) is 5.85. The van der Waals surface area contributed by atoms with E-state index in [9.17, 15) is 4.79 Å². The molecule has 1 amide bonds. The van der Waals surface area contributed by atoms with Crippen LogP contribution in [0, 0.1) is 0 Å². The standard InChI is InChI=1S/C15H22ClN3O2/c1-10(7-12-9-21-6-5-18-12)19-11-3-4-14(16)13(8-11)15(20)17-2/h3-4,8,10,12,18-19H,5-7,9H2,1-2H3,(H,17,20). The molecule has 1 aromatic rings. The Balaban J connectivity index is 1.96. The van der Waals surface area contributed by atoms with Crippen LogP contribution in [0.25, 0.3) is 0 Å². The van der Waals surface area contributed by atoms with Crippen molar-refractivity contribution in [3.8, 4) is 0 Å². The Bertz CT molecular complexity index is 490. The molecule has 5 nitrogen and oxygen atoms in total. The highest BCUT2D eigenvalue weighted by molar-refractivity contribution is 6.34. The van der Waals surface area contributed by atoms with Crippen molar-refractivity contribution in [2.75, 3.05) is 32.1 Å². The van der Waals surface area contributed by atoms with E-state index in [0.29, 0.717) is 16.6 Å². The van der Waals surface area contributed by atoms with Crippen molar-refractivity contribution in [1.82, 2.24) is 10.6 Å². The van der Waals surface area contributed by atoms with Crippen LogP contribution in [0.3, 0.4) is 0 Å². The van der Waals surface area contributed by atoms with E-state index in [4.69, 9.17) is 16.3 Å². The van der Waals surface area contributed by atoms with Gasteiger partial charge in [0.1, 0.15) is 0 Å². The molecule has 1 heterocycles. The maximum atomic E-state index is 11.7. The lowest BCUT2D eigenvalue weighted by Gasteiger charge is -2.27. The lowest BCUT2D eigenvalue weighted by Crippen LogP contribution is -2.43. The molecule has 1 fully saturated rings. The molecule has 0 spiro atoms. The van der Waals surface area contributed by atoms with Crippen LogP contribution in [-0.4, -0.2) is 44.8 Å². The summed E-state index contributed by atoms with van der Waals surface area (Å²) in [5.74, 6) is -0.182. The summed E-state index contributed by atoms with van der Waals surface area (Å²) in [7, 11) is 1.59. The molecular weight excluding hydrogens is 290 g/mol. The minimum Gasteiger partial charge on any atom is -0.383 e. The Morgan fingerprint density at radius 3 is 3.05 bits per heavy atom. The first kappa shape index (κ1) is 16.1. The lowest BCUT2D eigenvalue weighted by molar-refractivity contribution is 0.0731. The van der Waals surface area contributed by atoms with Crippen LogP contribution in [0.2, 0.25) is 5.02 Å². The van der Waals surface area contributed by atoms with Crippen LogP contribution in [0.1, 0.15) is 23.7 Å². The zero-order chi connectivity index (χ0) is 15.2. The van der Waals surface area contributed by atoms with Crippen LogP contribution >= 0.6 is 11.6 Å². The van der Waals surface area contributed by atoms with Crippen LogP contribution in [-0.2, 0) is 4.74 Å². The first-order chi connectivity index (χ1) is 10.1. The number of amides is 1. The number of carbonyl (C=O) groups is 1. The molecule has 116 valence electrons. The van der Waals surface area contributed by atoms with Gasteiger partial charge in [0.05, 0.1) is 23.8 Å². The lowest BCUT2D eigenvalue weighted by atomic mass is 10.1. The Morgan fingerprint density at radius 2 is 2.38 bits per heavy atom.